The number of rotatable bonds is 4. The standard InChI is InChI=1S/C10H12Br2O/c11-6-4-8-2-1-3-9(5-7-12)10(8)13/h1-3,13H,4-7H2. The van der Waals surface area contributed by atoms with Gasteiger partial charge in [-0.25, -0.2) is 0 Å². The molecule has 1 rings (SSSR count). The molecule has 0 atom stereocenters. The second-order valence-corrected chi connectivity index (χ2v) is 4.39. The molecule has 0 aliphatic carbocycles. The summed E-state index contributed by atoms with van der Waals surface area (Å²) in [5.74, 6) is 0.460. The van der Waals surface area contributed by atoms with Crippen molar-refractivity contribution < 1.29 is 5.11 Å². The molecular formula is C10H12Br2O. The Labute approximate surface area is 95.4 Å². The number of aryl methyl sites for hydroxylation is 2. The monoisotopic (exact) mass is 306 g/mol. The normalized spacial score (nSPS) is 10.3. The van der Waals surface area contributed by atoms with Crippen molar-refractivity contribution in [1.29, 1.82) is 0 Å². The molecule has 72 valence electrons. The number of halogens is 2. The van der Waals surface area contributed by atoms with Crippen molar-refractivity contribution in [3.8, 4) is 5.75 Å². The van der Waals surface area contributed by atoms with Gasteiger partial charge in [0.1, 0.15) is 5.75 Å². The third-order valence-corrected chi connectivity index (χ3v) is 2.72. The first kappa shape index (κ1) is 11.1. The van der Waals surface area contributed by atoms with Crippen molar-refractivity contribution >= 4 is 31.9 Å². The van der Waals surface area contributed by atoms with Crippen molar-refractivity contribution in [2.45, 2.75) is 12.8 Å². The average Bonchev–Trinajstić information content (AvgIpc) is 2.13. The van der Waals surface area contributed by atoms with Gasteiger partial charge >= 0.3 is 0 Å². The minimum absolute atomic E-state index is 0.460. The molecule has 0 aliphatic rings. The summed E-state index contributed by atoms with van der Waals surface area (Å²) < 4.78 is 0. The van der Waals surface area contributed by atoms with Gasteiger partial charge in [0.2, 0.25) is 0 Å². The van der Waals surface area contributed by atoms with Crippen LogP contribution in [-0.4, -0.2) is 15.8 Å². The Hall–Kier alpha value is -0.0200. The molecule has 0 unspecified atom stereocenters. The quantitative estimate of drug-likeness (QED) is 0.847. The van der Waals surface area contributed by atoms with E-state index in [1.807, 2.05) is 18.2 Å². The minimum Gasteiger partial charge on any atom is -0.507 e. The van der Waals surface area contributed by atoms with E-state index in [9.17, 15) is 5.11 Å². The number of hydrogen-bond donors (Lipinski definition) is 1. The fourth-order valence-electron chi connectivity index (χ4n) is 1.25. The molecule has 0 fully saturated rings. The van der Waals surface area contributed by atoms with Crippen LogP contribution in [0, 0.1) is 0 Å². The van der Waals surface area contributed by atoms with Crippen molar-refractivity contribution in [3.63, 3.8) is 0 Å². The Morgan fingerprint density at radius 1 is 1.00 bits per heavy atom. The molecule has 0 aromatic heterocycles. The second kappa shape index (κ2) is 5.66. The van der Waals surface area contributed by atoms with E-state index in [4.69, 9.17) is 0 Å². The summed E-state index contributed by atoms with van der Waals surface area (Å²) in [5.41, 5.74) is 2.05. The third-order valence-electron chi connectivity index (χ3n) is 1.93. The lowest BCUT2D eigenvalue weighted by atomic mass is 10.1. The van der Waals surface area contributed by atoms with Crippen LogP contribution in [0.1, 0.15) is 11.1 Å². The van der Waals surface area contributed by atoms with Crippen molar-refractivity contribution in [1.82, 2.24) is 0 Å². The van der Waals surface area contributed by atoms with Gasteiger partial charge in [0, 0.05) is 10.7 Å². The zero-order valence-electron chi connectivity index (χ0n) is 7.26. The number of aromatic hydroxyl groups is 1. The minimum atomic E-state index is 0.460. The summed E-state index contributed by atoms with van der Waals surface area (Å²) in [6.45, 7) is 0. The third kappa shape index (κ3) is 2.99. The highest BCUT2D eigenvalue weighted by atomic mass is 79.9. The van der Waals surface area contributed by atoms with E-state index in [0.29, 0.717) is 5.75 Å². The molecule has 0 bridgehead atoms. The van der Waals surface area contributed by atoms with Crippen molar-refractivity contribution in [2.24, 2.45) is 0 Å². The Morgan fingerprint density at radius 2 is 1.46 bits per heavy atom. The maximum absolute atomic E-state index is 9.81. The lowest BCUT2D eigenvalue weighted by molar-refractivity contribution is 0.463. The van der Waals surface area contributed by atoms with Crippen LogP contribution in [0.15, 0.2) is 18.2 Å². The molecule has 1 nitrogen and oxygen atoms in total. The summed E-state index contributed by atoms with van der Waals surface area (Å²) >= 11 is 6.73. The highest BCUT2D eigenvalue weighted by Gasteiger charge is 2.04. The number of phenolic OH excluding ortho intramolecular Hbond substituents is 1. The summed E-state index contributed by atoms with van der Waals surface area (Å²) in [7, 11) is 0. The SMILES string of the molecule is Oc1c(CCBr)cccc1CCBr. The Morgan fingerprint density at radius 3 is 1.85 bits per heavy atom. The molecule has 13 heavy (non-hydrogen) atoms. The Kier molecular flexibility index (Phi) is 4.81. The van der Waals surface area contributed by atoms with E-state index in [0.717, 1.165) is 34.6 Å². The molecule has 0 spiro atoms. The molecular weight excluding hydrogens is 296 g/mol. The van der Waals surface area contributed by atoms with Gasteiger partial charge < -0.3 is 5.11 Å². The van der Waals surface area contributed by atoms with Crippen LogP contribution in [-0.2, 0) is 12.8 Å². The van der Waals surface area contributed by atoms with Crippen LogP contribution in [0.25, 0.3) is 0 Å². The predicted octanol–water partition coefficient (Wildman–Crippen LogP) is 3.27. The Balaban J connectivity index is 2.89. The lowest BCUT2D eigenvalue weighted by Crippen LogP contribution is -1.92. The van der Waals surface area contributed by atoms with E-state index >= 15 is 0 Å². The fourth-order valence-corrected chi connectivity index (χ4v) is 2.11. The zero-order chi connectivity index (χ0) is 9.68. The van der Waals surface area contributed by atoms with Crippen LogP contribution < -0.4 is 0 Å². The first-order valence-corrected chi connectivity index (χ1v) is 6.45. The average molecular weight is 308 g/mol. The summed E-state index contributed by atoms with van der Waals surface area (Å²) in [4.78, 5) is 0. The zero-order valence-corrected chi connectivity index (χ0v) is 10.4. The van der Waals surface area contributed by atoms with E-state index in [1.54, 1.807) is 0 Å². The number of hydrogen-bond acceptors (Lipinski definition) is 1. The van der Waals surface area contributed by atoms with Crippen LogP contribution in [0.3, 0.4) is 0 Å². The van der Waals surface area contributed by atoms with Crippen LogP contribution in [0.2, 0.25) is 0 Å². The molecule has 1 aromatic rings. The first-order chi connectivity index (χ1) is 6.29. The fraction of sp³-hybridized carbons (Fsp3) is 0.400. The molecule has 3 heteroatoms. The molecule has 0 saturated heterocycles. The van der Waals surface area contributed by atoms with E-state index in [1.165, 1.54) is 0 Å². The maximum atomic E-state index is 9.81. The van der Waals surface area contributed by atoms with Crippen molar-refractivity contribution in [2.75, 3.05) is 10.7 Å². The maximum Gasteiger partial charge on any atom is 0.122 e. The van der Waals surface area contributed by atoms with E-state index < -0.39 is 0 Å². The summed E-state index contributed by atoms with van der Waals surface area (Å²) in [6, 6.07) is 5.93. The molecule has 0 saturated carbocycles. The molecule has 0 amide bonds. The number of benzene rings is 1. The number of para-hydroxylation sites is 1. The van der Waals surface area contributed by atoms with Gasteiger partial charge in [-0.05, 0) is 24.0 Å². The van der Waals surface area contributed by atoms with Crippen molar-refractivity contribution in [3.05, 3.63) is 29.3 Å². The Bertz CT molecular complexity index is 249. The van der Waals surface area contributed by atoms with Crippen LogP contribution >= 0.6 is 31.9 Å². The molecule has 0 aliphatic heterocycles. The van der Waals surface area contributed by atoms with Gasteiger partial charge in [0.25, 0.3) is 0 Å². The highest BCUT2D eigenvalue weighted by molar-refractivity contribution is 9.09. The second-order valence-electron chi connectivity index (χ2n) is 2.80. The lowest BCUT2D eigenvalue weighted by Gasteiger charge is -2.07. The molecule has 1 aromatic carbocycles. The van der Waals surface area contributed by atoms with Gasteiger partial charge in [-0.3, -0.25) is 0 Å². The number of alkyl halides is 2. The van der Waals surface area contributed by atoms with Gasteiger partial charge in [0.05, 0.1) is 0 Å². The van der Waals surface area contributed by atoms with Gasteiger partial charge in [-0.2, -0.15) is 0 Å². The van der Waals surface area contributed by atoms with E-state index in [2.05, 4.69) is 31.9 Å². The topological polar surface area (TPSA) is 20.2 Å². The van der Waals surface area contributed by atoms with Crippen LogP contribution in [0.5, 0.6) is 5.75 Å². The smallest absolute Gasteiger partial charge is 0.122 e. The summed E-state index contributed by atoms with van der Waals surface area (Å²) in [6.07, 6.45) is 1.75. The van der Waals surface area contributed by atoms with Gasteiger partial charge in [-0.15, -0.1) is 0 Å². The highest BCUT2D eigenvalue weighted by Crippen LogP contribution is 2.24. The largest absolute Gasteiger partial charge is 0.507 e. The predicted molar refractivity (Wildman–Crippen MR) is 63.1 cm³/mol. The molecule has 0 radical (unpaired) electrons. The molecule has 1 N–H and O–H groups in total. The summed E-state index contributed by atoms with van der Waals surface area (Å²) in [5, 5.41) is 11.6. The molecule has 0 heterocycles. The van der Waals surface area contributed by atoms with Gasteiger partial charge in [-0.1, -0.05) is 50.1 Å². The number of phenols is 1. The van der Waals surface area contributed by atoms with Crippen LogP contribution in [0.4, 0.5) is 0 Å². The van der Waals surface area contributed by atoms with E-state index in [-0.39, 0.29) is 0 Å². The first-order valence-electron chi connectivity index (χ1n) is 4.21. The van der Waals surface area contributed by atoms with Gasteiger partial charge in [0.15, 0.2) is 0 Å².